The van der Waals surface area contributed by atoms with Crippen LogP contribution in [0, 0.1) is 5.92 Å². The lowest BCUT2D eigenvalue weighted by Crippen LogP contribution is -2.18. The Kier molecular flexibility index (Phi) is 219. The summed E-state index contributed by atoms with van der Waals surface area (Å²) < 4.78 is 0. The van der Waals surface area contributed by atoms with Crippen molar-refractivity contribution in [3.05, 3.63) is 0 Å². The molecule has 0 aliphatic carbocycles. The topological polar surface area (TPSA) is 33.8 Å². The number of nitrogens with zero attached hydrogens (tertiary/aromatic N) is 3. The van der Waals surface area contributed by atoms with Crippen LogP contribution in [-0.2, 0) is 0 Å². The molecule has 0 saturated carbocycles. The van der Waals surface area contributed by atoms with Crippen LogP contribution in [0.5, 0.6) is 0 Å². The predicted molar refractivity (Wildman–Crippen MR) is 224 cm³/mol. The number of unbranched alkanes of at least 4 members (excludes halogenated alkanes) is 1. The summed E-state index contributed by atoms with van der Waals surface area (Å²) in [7, 11) is 16.4. The van der Waals surface area contributed by atoms with E-state index < -0.39 is 0 Å². The summed E-state index contributed by atoms with van der Waals surface area (Å²) in [6.45, 7) is 43.5. The van der Waals surface area contributed by atoms with Crippen molar-refractivity contribution in [3.8, 4) is 0 Å². The van der Waals surface area contributed by atoms with Crippen molar-refractivity contribution in [2.45, 2.75) is 171 Å². The molecule has 0 saturated heterocycles. The summed E-state index contributed by atoms with van der Waals surface area (Å²) in [6, 6.07) is 0. The highest BCUT2D eigenvalue weighted by Gasteiger charge is 1.97. The van der Waals surface area contributed by atoms with Crippen LogP contribution in [0.15, 0.2) is 0 Å². The van der Waals surface area contributed by atoms with Gasteiger partial charge in [-0.05, 0) is 94.9 Å². The molecule has 0 amide bonds. The SMILES string of the molecule is C.CC.CC.CC.CCC.CCC.CCC.CCC(C)CN(C)C.CCCCN(C)C.CCN(C)C.CCNC.CCNC. The average molecular weight is 646 g/mol. The first-order valence-corrected chi connectivity index (χ1v) is 18.5. The fourth-order valence-corrected chi connectivity index (χ4v) is 1.23. The lowest BCUT2D eigenvalue weighted by atomic mass is 10.1. The van der Waals surface area contributed by atoms with E-state index in [1.54, 1.807) is 0 Å². The molecule has 0 bridgehead atoms. The Labute approximate surface area is 290 Å². The summed E-state index contributed by atoms with van der Waals surface area (Å²) in [4.78, 5) is 6.57. The van der Waals surface area contributed by atoms with Gasteiger partial charge in [0.2, 0.25) is 0 Å². The zero-order valence-electron chi connectivity index (χ0n) is 36.7. The van der Waals surface area contributed by atoms with E-state index in [2.05, 4.69) is 151 Å². The molecule has 0 aliphatic rings. The van der Waals surface area contributed by atoms with E-state index in [0.29, 0.717) is 0 Å². The maximum atomic E-state index is 2.93. The fourth-order valence-electron chi connectivity index (χ4n) is 1.23. The molecule has 5 nitrogen and oxygen atoms in total. The highest BCUT2D eigenvalue weighted by atomic mass is 15.1. The van der Waals surface area contributed by atoms with Crippen molar-refractivity contribution in [3.63, 3.8) is 0 Å². The molecule has 0 aromatic carbocycles. The largest absolute Gasteiger partial charge is 0.320 e. The highest BCUT2D eigenvalue weighted by molar-refractivity contribution is 4.51. The van der Waals surface area contributed by atoms with E-state index in [-0.39, 0.29) is 7.43 Å². The minimum atomic E-state index is 0. The van der Waals surface area contributed by atoms with Crippen LogP contribution in [0.3, 0.4) is 0 Å². The quantitative estimate of drug-likeness (QED) is 0.261. The molecule has 5 heteroatoms. The minimum absolute atomic E-state index is 0. The first kappa shape index (κ1) is 79.3. The maximum Gasteiger partial charge on any atom is 0.0000818 e. The van der Waals surface area contributed by atoms with Crippen LogP contribution in [0.4, 0.5) is 0 Å². The van der Waals surface area contributed by atoms with Gasteiger partial charge in [0.1, 0.15) is 0 Å². The fraction of sp³-hybridized carbons (Fsp3) is 1.00. The molecular formula is C39H107N5. The number of nitrogens with one attached hydrogen (secondary N) is 2. The third-order valence-corrected chi connectivity index (χ3v) is 3.67. The zero-order chi connectivity index (χ0) is 37.5. The minimum Gasteiger partial charge on any atom is -0.320 e. The molecule has 0 aromatic rings. The van der Waals surface area contributed by atoms with Gasteiger partial charge in [0.25, 0.3) is 0 Å². The highest BCUT2D eigenvalue weighted by Crippen LogP contribution is 1.99. The van der Waals surface area contributed by atoms with Crippen molar-refractivity contribution in [2.75, 3.05) is 89.1 Å². The second-order valence-electron chi connectivity index (χ2n) is 9.86. The molecular weight excluding hydrogens is 538 g/mol. The van der Waals surface area contributed by atoms with E-state index >= 15 is 0 Å². The normalized spacial score (nSPS) is 8.39. The Morgan fingerprint density at radius 2 is 0.727 bits per heavy atom. The van der Waals surface area contributed by atoms with Gasteiger partial charge in [-0.2, -0.15) is 0 Å². The van der Waals surface area contributed by atoms with Crippen LogP contribution in [0.2, 0.25) is 0 Å². The smallest absolute Gasteiger partial charge is 0.0000818 e. The molecule has 44 heavy (non-hydrogen) atoms. The van der Waals surface area contributed by atoms with Crippen LogP contribution >= 0.6 is 0 Å². The first-order chi connectivity index (χ1) is 20.3. The third-order valence-electron chi connectivity index (χ3n) is 3.67. The summed E-state index contributed by atoms with van der Waals surface area (Å²) in [6.07, 6.45) is 7.67. The summed E-state index contributed by atoms with van der Waals surface area (Å²) in [5.41, 5.74) is 0. The van der Waals surface area contributed by atoms with E-state index in [9.17, 15) is 0 Å². The summed E-state index contributed by atoms with van der Waals surface area (Å²) in [5, 5.41) is 5.86. The maximum absolute atomic E-state index is 2.93. The van der Waals surface area contributed by atoms with Crippen molar-refractivity contribution in [1.82, 2.24) is 25.3 Å². The van der Waals surface area contributed by atoms with Gasteiger partial charge in [0, 0.05) is 6.54 Å². The van der Waals surface area contributed by atoms with Crippen LogP contribution < -0.4 is 10.6 Å². The van der Waals surface area contributed by atoms with E-state index in [0.717, 1.165) is 25.6 Å². The molecule has 0 aromatic heterocycles. The van der Waals surface area contributed by atoms with Crippen LogP contribution in [0.1, 0.15) is 171 Å². The average Bonchev–Trinajstić information content (AvgIpc) is 3.00. The van der Waals surface area contributed by atoms with Gasteiger partial charge in [-0.15, -0.1) is 0 Å². The molecule has 0 rings (SSSR count). The molecule has 0 aliphatic heterocycles. The molecule has 0 fully saturated rings. The van der Waals surface area contributed by atoms with Crippen molar-refractivity contribution < 1.29 is 0 Å². The second-order valence-corrected chi connectivity index (χ2v) is 9.86. The monoisotopic (exact) mass is 646 g/mol. The van der Waals surface area contributed by atoms with Crippen LogP contribution in [-0.4, -0.2) is 104 Å². The second kappa shape index (κ2) is 122. The van der Waals surface area contributed by atoms with Crippen molar-refractivity contribution >= 4 is 0 Å². The lowest BCUT2D eigenvalue weighted by Gasteiger charge is -2.13. The van der Waals surface area contributed by atoms with Crippen molar-refractivity contribution in [2.24, 2.45) is 5.92 Å². The molecule has 0 heterocycles. The van der Waals surface area contributed by atoms with Gasteiger partial charge in [-0.3, -0.25) is 0 Å². The number of hydrogen-bond donors (Lipinski definition) is 2. The van der Waals surface area contributed by atoms with Gasteiger partial charge in [0.15, 0.2) is 0 Å². The Morgan fingerprint density at radius 3 is 0.773 bits per heavy atom. The van der Waals surface area contributed by atoms with Gasteiger partial charge < -0.3 is 25.3 Å². The molecule has 0 radical (unpaired) electrons. The van der Waals surface area contributed by atoms with Gasteiger partial charge in [-0.25, -0.2) is 0 Å². The Balaban J connectivity index is -0.0000000265. The molecule has 1 unspecified atom stereocenters. The van der Waals surface area contributed by atoms with E-state index in [1.807, 2.05) is 55.6 Å². The van der Waals surface area contributed by atoms with Gasteiger partial charge in [0.05, 0.1) is 0 Å². The van der Waals surface area contributed by atoms with E-state index in [4.69, 9.17) is 0 Å². The van der Waals surface area contributed by atoms with Gasteiger partial charge >= 0.3 is 0 Å². The van der Waals surface area contributed by atoms with E-state index in [1.165, 1.54) is 51.6 Å². The third kappa shape index (κ3) is 365. The molecule has 288 valence electrons. The van der Waals surface area contributed by atoms with Crippen molar-refractivity contribution in [1.29, 1.82) is 0 Å². The zero-order valence-corrected chi connectivity index (χ0v) is 36.7. The predicted octanol–water partition coefficient (Wildman–Crippen LogP) is 11.9. The summed E-state index contributed by atoms with van der Waals surface area (Å²) >= 11 is 0. The standard InChI is InChI=1S/C7H17N.C6H15N.C4H11N.2C3H9N.3C3H8.3C2H6.CH4/c1-5-7(2)6-8(3)4;1-4-5-6-7(2)3;1-4-5(2)3;2*1-3-4-2;3*1-3-2;3*1-2;/h7H,5-6H2,1-4H3;4-6H2,1-3H3;4H2,1-3H3;2*4H,3H2,1-2H3;3*3H2,1-2H3;3*1-2H3;1H4. The Morgan fingerprint density at radius 1 is 0.500 bits per heavy atom. The lowest BCUT2D eigenvalue weighted by molar-refractivity contribution is 0.334. The molecule has 2 N–H and O–H groups in total. The summed E-state index contributed by atoms with van der Waals surface area (Å²) in [5.74, 6) is 0.852. The Hall–Kier alpha value is -0.200. The number of hydrogen-bond acceptors (Lipinski definition) is 5. The van der Waals surface area contributed by atoms with Gasteiger partial charge in [-0.1, -0.05) is 164 Å². The number of rotatable bonds is 9. The Bertz CT molecular complexity index is 236. The van der Waals surface area contributed by atoms with Crippen LogP contribution in [0.25, 0.3) is 0 Å². The molecule has 0 spiro atoms. The first-order valence-electron chi connectivity index (χ1n) is 18.5. The molecule has 1 atom stereocenters.